The Morgan fingerprint density at radius 1 is 1.24 bits per heavy atom. The van der Waals surface area contributed by atoms with Gasteiger partial charge in [0.25, 0.3) is 5.91 Å². The van der Waals surface area contributed by atoms with E-state index in [0.29, 0.717) is 29.6 Å². The highest BCUT2D eigenvalue weighted by Crippen LogP contribution is 2.22. The van der Waals surface area contributed by atoms with Crippen molar-refractivity contribution in [3.63, 3.8) is 0 Å². The Labute approximate surface area is 176 Å². The molecule has 1 atom stereocenters. The fourth-order valence-corrected chi connectivity index (χ4v) is 4.01. The summed E-state index contributed by atoms with van der Waals surface area (Å²) in [6, 6.07) is 6.53. The summed E-state index contributed by atoms with van der Waals surface area (Å²) in [5, 5.41) is 3.36. The topological polar surface area (TPSA) is 74.4 Å². The maximum atomic E-state index is 12.8. The first-order valence-corrected chi connectivity index (χ1v) is 10.3. The Bertz CT molecular complexity index is 737. The fourth-order valence-electron chi connectivity index (χ4n) is 3.57. The second-order valence-corrected chi connectivity index (χ2v) is 7.37. The SMILES string of the molecule is CCN1C(=O)[C@@H](CC(=O)Nc2ccc(OC)cc2)N(CCN2CCOCC2)C1=S. The van der Waals surface area contributed by atoms with Crippen molar-refractivity contribution in [2.45, 2.75) is 19.4 Å². The van der Waals surface area contributed by atoms with Gasteiger partial charge in [0, 0.05) is 38.4 Å². The van der Waals surface area contributed by atoms with Gasteiger partial charge in [0.1, 0.15) is 11.8 Å². The number of carbonyl (C=O) groups excluding carboxylic acids is 2. The van der Waals surface area contributed by atoms with E-state index in [2.05, 4.69) is 10.2 Å². The molecular formula is C20H28N4O4S. The fraction of sp³-hybridized carbons (Fsp3) is 0.550. The predicted molar refractivity (Wildman–Crippen MR) is 114 cm³/mol. The number of rotatable bonds is 8. The Hall–Kier alpha value is -2.23. The van der Waals surface area contributed by atoms with Gasteiger partial charge in [0.15, 0.2) is 5.11 Å². The summed E-state index contributed by atoms with van der Waals surface area (Å²) in [5.41, 5.74) is 0.663. The van der Waals surface area contributed by atoms with Crippen LogP contribution in [0.2, 0.25) is 0 Å². The number of likely N-dealkylation sites (N-methyl/N-ethyl adjacent to an activating group) is 1. The number of methoxy groups -OCH3 is 1. The van der Waals surface area contributed by atoms with Crippen LogP contribution in [0.4, 0.5) is 5.69 Å². The third kappa shape index (κ3) is 5.23. The summed E-state index contributed by atoms with van der Waals surface area (Å²) in [6.07, 6.45) is 0.0601. The van der Waals surface area contributed by atoms with Crippen LogP contribution in [-0.2, 0) is 14.3 Å². The van der Waals surface area contributed by atoms with E-state index >= 15 is 0 Å². The molecular weight excluding hydrogens is 392 g/mol. The van der Waals surface area contributed by atoms with Gasteiger partial charge in [-0.25, -0.2) is 0 Å². The van der Waals surface area contributed by atoms with Gasteiger partial charge in [-0.3, -0.25) is 19.4 Å². The smallest absolute Gasteiger partial charge is 0.252 e. The predicted octanol–water partition coefficient (Wildman–Crippen LogP) is 1.17. The number of morpholine rings is 1. The number of nitrogens with zero attached hydrogens (tertiary/aromatic N) is 3. The average Bonchev–Trinajstić information content (AvgIpc) is 2.96. The highest BCUT2D eigenvalue weighted by atomic mass is 32.1. The van der Waals surface area contributed by atoms with E-state index in [1.54, 1.807) is 36.3 Å². The number of thiocarbonyl (C=S) groups is 1. The molecule has 1 aromatic carbocycles. The molecule has 2 aliphatic heterocycles. The summed E-state index contributed by atoms with van der Waals surface area (Å²) in [7, 11) is 1.59. The molecule has 2 amide bonds. The molecule has 3 rings (SSSR count). The molecule has 1 aromatic rings. The van der Waals surface area contributed by atoms with Crippen LogP contribution < -0.4 is 10.1 Å². The minimum absolute atomic E-state index is 0.0601. The lowest BCUT2D eigenvalue weighted by molar-refractivity contribution is -0.130. The Kier molecular flexibility index (Phi) is 7.40. The van der Waals surface area contributed by atoms with Gasteiger partial charge in [-0.2, -0.15) is 0 Å². The molecule has 1 N–H and O–H groups in total. The molecule has 0 aromatic heterocycles. The molecule has 0 radical (unpaired) electrons. The highest BCUT2D eigenvalue weighted by Gasteiger charge is 2.42. The van der Waals surface area contributed by atoms with Gasteiger partial charge in [0.05, 0.1) is 26.7 Å². The number of nitrogens with one attached hydrogen (secondary N) is 1. The zero-order valence-electron chi connectivity index (χ0n) is 16.9. The largest absolute Gasteiger partial charge is 0.497 e. The standard InChI is InChI=1S/C20H28N4O4S/c1-3-23-19(26)17(14-18(25)21-15-4-6-16(27-2)7-5-15)24(20(23)29)9-8-22-10-12-28-13-11-22/h4-7,17H,3,8-14H2,1-2H3,(H,21,25)/t17-/m1/s1. The van der Waals surface area contributed by atoms with Crippen LogP contribution in [0, 0.1) is 0 Å². The molecule has 0 aliphatic carbocycles. The third-order valence-corrected chi connectivity index (χ3v) is 5.69. The number of amides is 2. The van der Waals surface area contributed by atoms with Crippen molar-refractivity contribution < 1.29 is 19.1 Å². The molecule has 2 aliphatic rings. The van der Waals surface area contributed by atoms with Crippen LogP contribution in [0.25, 0.3) is 0 Å². The van der Waals surface area contributed by atoms with Gasteiger partial charge in [-0.15, -0.1) is 0 Å². The Morgan fingerprint density at radius 2 is 1.93 bits per heavy atom. The number of ether oxygens (including phenoxy) is 2. The lowest BCUT2D eigenvalue weighted by atomic mass is 10.1. The number of hydrogen-bond donors (Lipinski definition) is 1. The van der Waals surface area contributed by atoms with Crippen molar-refractivity contribution in [1.82, 2.24) is 14.7 Å². The number of carbonyl (C=O) groups is 2. The van der Waals surface area contributed by atoms with Crippen LogP contribution in [0.15, 0.2) is 24.3 Å². The molecule has 0 saturated carbocycles. The number of benzene rings is 1. The van der Waals surface area contributed by atoms with E-state index in [0.717, 1.165) is 32.8 Å². The van der Waals surface area contributed by atoms with Crippen molar-refractivity contribution in [3.8, 4) is 5.75 Å². The van der Waals surface area contributed by atoms with Crippen molar-refractivity contribution in [1.29, 1.82) is 0 Å². The molecule has 0 unspecified atom stereocenters. The quantitative estimate of drug-likeness (QED) is 0.633. The van der Waals surface area contributed by atoms with E-state index in [1.807, 2.05) is 11.8 Å². The summed E-state index contributed by atoms with van der Waals surface area (Å²) in [6.45, 7) is 6.97. The maximum Gasteiger partial charge on any atom is 0.252 e. The van der Waals surface area contributed by atoms with Crippen LogP contribution in [0.3, 0.4) is 0 Å². The summed E-state index contributed by atoms with van der Waals surface area (Å²) in [5.74, 6) is 0.391. The maximum absolute atomic E-state index is 12.8. The zero-order valence-corrected chi connectivity index (χ0v) is 17.7. The first kappa shape index (κ1) is 21.5. The number of anilines is 1. The molecule has 29 heavy (non-hydrogen) atoms. The van der Waals surface area contributed by atoms with Gasteiger partial charge in [-0.05, 0) is 43.4 Å². The lowest BCUT2D eigenvalue weighted by Gasteiger charge is -2.30. The zero-order chi connectivity index (χ0) is 20.8. The summed E-state index contributed by atoms with van der Waals surface area (Å²) >= 11 is 5.53. The second kappa shape index (κ2) is 10.00. The molecule has 0 bridgehead atoms. The normalized spacial score (nSPS) is 20.3. The van der Waals surface area contributed by atoms with Crippen molar-refractivity contribution >= 4 is 34.8 Å². The molecule has 8 nitrogen and oxygen atoms in total. The molecule has 0 spiro atoms. The van der Waals surface area contributed by atoms with E-state index in [-0.39, 0.29) is 18.2 Å². The monoisotopic (exact) mass is 420 g/mol. The van der Waals surface area contributed by atoms with Crippen molar-refractivity contribution in [2.75, 3.05) is 58.4 Å². The van der Waals surface area contributed by atoms with Crippen LogP contribution in [-0.4, -0.2) is 90.7 Å². The molecule has 2 saturated heterocycles. The van der Waals surface area contributed by atoms with Gasteiger partial charge < -0.3 is 19.7 Å². The molecule has 2 heterocycles. The average molecular weight is 421 g/mol. The van der Waals surface area contributed by atoms with E-state index in [9.17, 15) is 9.59 Å². The van der Waals surface area contributed by atoms with E-state index < -0.39 is 6.04 Å². The highest BCUT2D eigenvalue weighted by molar-refractivity contribution is 7.80. The van der Waals surface area contributed by atoms with E-state index in [1.165, 1.54) is 0 Å². The lowest BCUT2D eigenvalue weighted by Crippen LogP contribution is -2.45. The third-order valence-electron chi connectivity index (χ3n) is 5.23. The van der Waals surface area contributed by atoms with Crippen LogP contribution in [0.5, 0.6) is 5.75 Å². The minimum atomic E-state index is -0.568. The van der Waals surface area contributed by atoms with Gasteiger partial charge >= 0.3 is 0 Å². The Morgan fingerprint density at radius 3 is 2.55 bits per heavy atom. The van der Waals surface area contributed by atoms with E-state index in [4.69, 9.17) is 21.7 Å². The van der Waals surface area contributed by atoms with Crippen LogP contribution in [0.1, 0.15) is 13.3 Å². The first-order chi connectivity index (χ1) is 14.0. The van der Waals surface area contributed by atoms with Gasteiger partial charge in [0.2, 0.25) is 5.91 Å². The van der Waals surface area contributed by atoms with Gasteiger partial charge in [-0.1, -0.05) is 0 Å². The van der Waals surface area contributed by atoms with Crippen molar-refractivity contribution in [2.24, 2.45) is 0 Å². The van der Waals surface area contributed by atoms with Crippen molar-refractivity contribution in [3.05, 3.63) is 24.3 Å². The molecule has 158 valence electrons. The minimum Gasteiger partial charge on any atom is -0.497 e. The summed E-state index contributed by atoms with van der Waals surface area (Å²) < 4.78 is 10.5. The molecule has 2 fully saturated rings. The van der Waals surface area contributed by atoms with Crippen LogP contribution >= 0.6 is 12.2 Å². The Balaban J connectivity index is 1.63. The molecule has 9 heteroatoms. The second-order valence-electron chi connectivity index (χ2n) is 7.01. The first-order valence-electron chi connectivity index (χ1n) is 9.89. The number of hydrogen-bond acceptors (Lipinski definition) is 6. The summed E-state index contributed by atoms with van der Waals surface area (Å²) in [4.78, 5) is 31.2.